The van der Waals surface area contributed by atoms with Crippen LogP contribution in [0, 0.1) is 0 Å². The molecular formula is C14H12ClN3OS. The molecule has 2 rings (SSSR count). The van der Waals surface area contributed by atoms with Gasteiger partial charge in [0.1, 0.15) is 5.75 Å². The van der Waals surface area contributed by atoms with Crippen molar-refractivity contribution in [2.45, 2.75) is 0 Å². The van der Waals surface area contributed by atoms with Crippen molar-refractivity contribution in [3.8, 4) is 5.75 Å². The maximum atomic E-state index is 9.30. The van der Waals surface area contributed by atoms with Crippen molar-refractivity contribution in [1.82, 2.24) is 5.43 Å². The molecule has 3 N–H and O–H groups in total. The van der Waals surface area contributed by atoms with Gasteiger partial charge in [0.25, 0.3) is 0 Å². The lowest BCUT2D eigenvalue weighted by molar-refractivity contribution is 0.475. The molecule has 2 aromatic rings. The number of nitrogens with one attached hydrogen (secondary N) is 2. The van der Waals surface area contributed by atoms with Crippen molar-refractivity contribution in [1.29, 1.82) is 0 Å². The fraction of sp³-hybridized carbons (Fsp3) is 0. The average molecular weight is 306 g/mol. The highest BCUT2D eigenvalue weighted by atomic mass is 35.5. The molecular weight excluding hydrogens is 294 g/mol. The number of phenolic OH excluding ortho intramolecular Hbond substituents is 1. The van der Waals surface area contributed by atoms with Crippen molar-refractivity contribution >= 4 is 40.8 Å². The van der Waals surface area contributed by atoms with Crippen LogP contribution >= 0.6 is 23.8 Å². The Labute approximate surface area is 127 Å². The molecule has 0 fully saturated rings. The predicted molar refractivity (Wildman–Crippen MR) is 86.5 cm³/mol. The molecule has 0 radical (unpaired) electrons. The third kappa shape index (κ3) is 4.22. The van der Waals surface area contributed by atoms with Gasteiger partial charge in [-0.05, 0) is 48.1 Å². The number of halogens is 1. The Bertz CT molecular complexity index is 632. The zero-order valence-corrected chi connectivity index (χ0v) is 11.9. The first-order chi connectivity index (χ1) is 9.65. The molecule has 0 amide bonds. The predicted octanol–water partition coefficient (Wildman–Crippen LogP) is 3.37. The van der Waals surface area contributed by atoms with E-state index in [1.165, 1.54) is 6.07 Å². The van der Waals surface area contributed by atoms with E-state index in [0.29, 0.717) is 5.11 Å². The number of benzene rings is 2. The van der Waals surface area contributed by atoms with E-state index in [2.05, 4.69) is 15.8 Å². The number of para-hydroxylation sites is 1. The van der Waals surface area contributed by atoms with Crippen molar-refractivity contribution in [2.24, 2.45) is 5.10 Å². The van der Waals surface area contributed by atoms with E-state index in [-0.39, 0.29) is 10.8 Å². The lowest BCUT2D eigenvalue weighted by Gasteiger charge is -2.06. The summed E-state index contributed by atoms with van der Waals surface area (Å²) in [5.41, 5.74) is 4.33. The van der Waals surface area contributed by atoms with E-state index >= 15 is 0 Å². The van der Waals surface area contributed by atoms with Gasteiger partial charge in [-0.2, -0.15) is 5.10 Å². The Morgan fingerprint density at radius 3 is 2.65 bits per heavy atom. The Hall–Kier alpha value is -2.11. The maximum Gasteiger partial charge on any atom is 0.191 e. The Kier molecular flexibility index (Phi) is 4.92. The third-order valence-electron chi connectivity index (χ3n) is 2.38. The van der Waals surface area contributed by atoms with Gasteiger partial charge >= 0.3 is 0 Å². The number of anilines is 1. The molecule has 0 spiro atoms. The van der Waals surface area contributed by atoms with E-state index in [1.807, 2.05) is 30.3 Å². The normalized spacial score (nSPS) is 10.4. The second-order valence-corrected chi connectivity index (χ2v) is 4.72. The fourth-order valence-electron chi connectivity index (χ4n) is 1.45. The van der Waals surface area contributed by atoms with Crippen LogP contribution in [0.3, 0.4) is 0 Å². The Balaban J connectivity index is 1.89. The second kappa shape index (κ2) is 6.88. The molecule has 20 heavy (non-hydrogen) atoms. The smallest absolute Gasteiger partial charge is 0.191 e. The molecule has 2 aromatic carbocycles. The molecule has 0 bridgehead atoms. The highest BCUT2D eigenvalue weighted by Crippen LogP contribution is 2.22. The molecule has 0 aliphatic carbocycles. The summed E-state index contributed by atoms with van der Waals surface area (Å²) in [7, 11) is 0. The summed E-state index contributed by atoms with van der Waals surface area (Å²) in [6.07, 6.45) is 1.56. The van der Waals surface area contributed by atoms with Crippen molar-refractivity contribution in [2.75, 3.05) is 5.32 Å². The van der Waals surface area contributed by atoms with Gasteiger partial charge in [-0.25, -0.2) is 0 Å². The van der Waals surface area contributed by atoms with Gasteiger partial charge in [0.15, 0.2) is 5.11 Å². The van der Waals surface area contributed by atoms with Gasteiger partial charge in [0.05, 0.1) is 11.2 Å². The van der Waals surface area contributed by atoms with Gasteiger partial charge in [-0.1, -0.05) is 29.8 Å². The number of hydrogen-bond donors (Lipinski definition) is 3. The molecule has 0 saturated heterocycles. The summed E-state index contributed by atoms with van der Waals surface area (Å²) in [6.45, 7) is 0. The Morgan fingerprint density at radius 1 is 1.20 bits per heavy atom. The number of hydrazone groups is 1. The number of aromatic hydroxyl groups is 1. The SMILES string of the molecule is Oc1ccc(/C=N/NC(=S)Nc2ccccc2)cc1Cl. The molecule has 4 nitrogen and oxygen atoms in total. The standard InChI is InChI=1S/C14H12ClN3OS/c15-12-8-10(6-7-13(12)19)9-16-18-14(20)17-11-4-2-1-3-5-11/h1-9,19H,(H2,17,18,20)/b16-9+. The number of thiocarbonyl (C=S) groups is 1. The number of nitrogens with zero attached hydrogens (tertiary/aromatic N) is 1. The topological polar surface area (TPSA) is 56.7 Å². The molecule has 0 unspecified atom stereocenters. The van der Waals surface area contributed by atoms with Gasteiger partial charge in [0.2, 0.25) is 0 Å². The van der Waals surface area contributed by atoms with Crippen LogP contribution in [0.1, 0.15) is 5.56 Å². The second-order valence-electron chi connectivity index (χ2n) is 3.90. The first-order valence-electron chi connectivity index (χ1n) is 5.79. The quantitative estimate of drug-likeness (QED) is 0.462. The van der Waals surface area contributed by atoms with E-state index in [9.17, 15) is 5.11 Å². The molecule has 6 heteroatoms. The lowest BCUT2D eigenvalue weighted by Crippen LogP contribution is -2.23. The van der Waals surface area contributed by atoms with E-state index in [1.54, 1.807) is 18.3 Å². The minimum Gasteiger partial charge on any atom is -0.506 e. The van der Waals surface area contributed by atoms with E-state index in [4.69, 9.17) is 23.8 Å². The van der Waals surface area contributed by atoms with Gasteiger partial charge in [-0.15, -0.1) is 0 Å². The highest BCUT2D eigenvalue weighted by Gasteiger charge is 1.98. The average Bonchev–Trinajstić information content (AvgIpc) is 2.44. The van der Waals surface area contributed by atoms with Crippen LogP contribution in [0.2, 0.25) is 5.02 Å². The first-order valence-corrected chi connectivity index (χ1v) is 6.57. The minimum atomic E-state index is 0.0399. The minimum absolute atomic E-state index is 0.0399. The van der Waals surface area contributed by atoms with Crippen molar-refractivity contribution in [3.05, 3.63) is 59.1 Å². The zero-order valence-electron chi connectivity index (χ0n) is 10.4. The van der Waals surface area contributed by atoms with Crippen LogP contribution in [0.5, 0.6) is 5.75 Å². The van der Waals surface area contributed by atoms with Crippen LogP contribution in [-0.4, -0.2) is 16.4 Å². The van der Waals surface area contributed by atoms with Crippen molar-refractivity contribution < 1.29 is 5.11 Å². The largest absolute Gasteiger partial charge is 0.506 e. The monoisotopic (exact) mass is 305 g/mol. The lowest BCUT2D eigenvalue weighted by atomic mass is 10.2. The van der Waals surface area contributed by atoms with Crippen LogP contribution in [0.25, 0.3) is 0 Å². The molecule has 0 aromatic heterocycles. The van der Waals surface area contributed by atoms with Crippen LogP contribution in [0.15, 0.2) is 53.6 Å². The molecule has 0 atom stereocenters. The van der Waals surface area contributed by atoms with Gasteiger partial charge < -0.3 is 10.4 Å². The number of hydrogen-bond acceptors (Lipinski definition) is 3. The summed E-state index contributed by atoms with van der Waals surface area (Å²) < 4.78 is 0. The molecule has 0 aliphatic heterocycles. The fourth-order valence-corrected chi connectivity index (χ4v) is 1.81. The van der Waals surface area contributed by atoms with E-state index < -0.39 is 0 Å². The molecule has 0 saturated carbocycles. The first kappa shape index (κ1) is 14.3. The van der Waals surface area contributed by atoms with E-state index in [0.717, 1.165) is 11.3 Å². The Morgan fingerprint density at radius 2 is 1.95 bits per heavy atom. The van der Waals surface area contributed by atoms with Crippen molar-refractivity contribution in [3.63, 3.8) is 0 Å². The summed E-state index contributed by atoms with van der Waals surface area (Å²) in [5.74, 6) is 0.0399. The number of phenols is 1. The zero-order chi connectivity index (χ0) is 14.4. The molecule has 102 valence electrons. The van der Waals surface area contributed by atoms with Crippen LogP contribution in [-0.2, 0) is 0 Å². The summed E-state index contributed by atoms with van der Waals surface area (Å²) in [5, 5.41) is 16.9. The molecule has 0 heterocycles. The number of rotatable bonds is 3. The highest BCUT2D eigenvalue weighted by molar-refractivity contribution is 7.80. The van der Waals surface area contributed by atoms with Gasteiger partial charge in [-0.3, -0.25) is 5.43 Å². The summed E-state index contributed by atoms with van der Waals surface area (Å²) in [6, 6.07) is 14.3. The summed E-state index contributed by atoms with van der Waals surface area (Å²) in [4.78, 5) is 0. The summed E-state index contributed by atoms with van der Waals surface area (Å²) >= 11 is 10.9. The van der Waals surface area contributed by atoms with Crippen LogP contribution < -0.4 is 10.7 Å². The molecule has 0 aliphatic rings. The van der Waals surface area contributed by atoms with Gasteiger partial charge in [0, 0.05) is 5.69 Å². The van der Waals surface area contributed by atoms with Crippen LogP contribution in [0.4, 0.5) is 5.69 Å². The third-order valence-corrected chi connectivity index (χ3v) is 2.88. The maximum absolute atomic E-state index is 9.30.